The lowest BCUT2D eigenvalue weighted by Crippen LogP contribution is -2.43. The number of rotatable bonds is 4. The molecule has 1 amide bonds. The van der Waals surface area contributed by atoms with E-state index in [-0.39, 0.29) is 29.8 Å². The molecule has 1 fully saturated rings. The SMILES string of the molecule is O=C(CN1CCS(=O)(=O)CC1)Nc1nc(-c2ccc(F)cc2)cs1. The fourth-order valence-electron chi connectivity index (χ4n) is 2.35. The highest BCUT2D eigenvalue weighted by Crippen LogP contribution is 2.25. The van der Waals surface area contributed by atoms with Crippen LogP contribution in [0.4, 0.5) is 9.52 Å². The van der Waals surface area contributed by atoms with E-state index in [1.54, 1.807) is 17.5 Å². The Morgan fingerprint density at radius 1 is 1.25 bits per heavy atom. The van der Waals surface area contributed by atoms with Crippen molar-refractivity contribution in [2.24, 2.45) is 0 Å². The fraction of sp³-hybridized carbons (Fsp3) is 0.333. The molecule has 0 bridgehead atoms. The second kappa shape index (κ2) is 6.96. The molecule has 1 aromatic carbocycles. The van der Waals surface area contributed by atoms with E-state index in [1.165, 1.54) is 23.5 Å². The molecule has 0 unspecified atom stereocenters. The lowest BCUT2D eigenvalue weighted by atomic mass is 10.2. The van der Waals surface area contributed by atoms with Gasteiger partial charge in [-0.05, 0) is 24.3 Å². The van der Waals surface area contributed by atoms with E-state index in [2.05, 4.69) is 10.3 Å². The molecule has 1 saturated heterocycles. The van der Waals surface area contributed by atoms with Gasteiger partial charge in [0.15, 0.2) is 15.0 Å². The van der Waals surface area contributed by atoms with E-state index in [4.69, 9.17) is 0 Å². The van der Waals surface area contributed by atoms with Crippen molar-refractivity contribution in [3.05, 3.63) is 35.5 Å². The molecular weight excluding hydrogens is 353 g/mol. The number of anilines is 1. The molecule has 1 aliphatic rings. The Morgan fingerprint density at radius 2 is 1.92 bits per heavy atom. The molecule has 0 saturated carbocycles. The molecule has 0 atom stereocenters. The van der Waals surface area contributed by atoms with E-state index < -0.39 is 9.84 Å². The molecule has 1 aromatic heterocycles. The first-order chi connectivity index (χ1) is 11.4. The van der Waals surface area contributed by atoms with Crippen LogP contribution in [-0.2, 0) is 14.6 Å². The topological polar surface area (TPSA) is 79.4 Å². The van der Waals surface area contributed by atoms with Crippen LogP contribution in [-0.4, -0.2) is 55.3 Å². The van der Waals surface area contributed by atoms with Crippen molar-refractivity contribution < 1.29 is 17.6 Å². The van der Waals surface area contributed by atoms with Crippen LogP contribution >= 0.6 is 11.3 Å². The molecule has 2 heterocycles. The van der Waals surface area contributed by atoms with Gasteiger partial charge in [-0.3, -0.25) is 9.69 Å². The molecule has 0 aliphatic carbocycles. The Balaban J connectivity index is 1.56. The van der Waals surface area contributed by atoms with Crippen LogP contribution in [0.3, 0.4) is 0 Å². The summed E-state index contributed by atoms with van der Waals surface area (Å²) in [6.45, 7) is 0.879. The third-order valence-electron chi connectivity index (χ3n) is 3.69. The zero-order valence-electron chi connectivity index (χ0n) is 12.7. The minimum Gasteiger partial charge on any atom is -0.301 e. The van der Waals surface area contributed by atoms with Crippen molar-refractivity contribution in [2.45, 2.75) is 0 Å². The van der Waals surface area contributed by atoms with Gasteiger partial charge in [0.2, 0.25) is 5.91 Å². The summed E-state index contributed by atoms with van der Waals surface area (Å²) in [7, 11) is -2.95. The van der Waals surface area contributed by atoms with Gasteiger partial charge in [0.05, 0.1) is 23.7 Å². The molecule has 3 rings (SSSR count). The summed E-state index contributed by atoms with van der Waals surface area (Å²) in [4.78, 5) is 18.2. The highest BCUT2D eigenvalue weighted by molar-refractivity contribution is 7.91. The Bertz CT molecular complexity index is 820. The second-order valence-corrected chi connectivity index (χ2v) is 8.68. The lowest BCUT2D eigenvalue weighted by Gasteiger charge is -2.25. The number of thiazole rings is 1. The third kappa shape index (κ3) is 4.37. The molecular formula is C15H16FN3O3S2. The number of aromatic nitrogens is 1. The van der Waals surface area contributed by atoms with E-state index in [0.717, 1.165) is 5.56 Å². The smallest absolute Gasteiger partial charge is 0.240 e. The van der Waals surface area contributed by atoms with Crippen LogP contribution in [0.5, 0.6) is 0 Å². The predicted molar refractivity (Wildman–Crippen MR) is 91.2 cm³/mol. The number of hydrogen-bond acceptors (Lipinski definition) is 6. The average molecular weight is 369 g/mol. The highest BCUT2D eigenvalue weighted by Gasteiger charge is 2.23. The van der Waals surface area contributed by atoms with Crippen molar-refractivity contribution in [3.8, 4) is 11.3 Å². The maximum absolute atomic E-state index is 12.9. The first kappa shape index (κ1) is 17.0. The zero-order chi connectivity index (χ0) is 17.2. The summed E-state index contributed by atoms with van der Waals surface area (Å²) in [5, 5.41) is 4.96. The van der Waals surface area contributed by atoms with E-state index in [1.807, 2.05) is 4.90 Å². The van der Waals surface area contributed by atoms with Crippen LogP contribution in [0.1, 0.15) is 0 Å². The standard InChI is InChI=1S/C15H16FN3O3S2/c16-12-3-1-11(2-4-12)13-10-23-15(17-13)18-14(20)9-19-5-7-24(21,22)8-6-19/h1-4,10H,5-9H2,(H,17,18,20). The van der Waals surface area contributed by atoms with Gasteiger partial charge < -0.3 is 5.32 Å². The van der Waals surface area contributed by atoms with Gasteiger partial charge in [0.1, 0.15) is 5.82 Å². The number of nitrogens with one attached hydrogen (secondary N) is 1. The average Bonchev–Trinajstić information content (AvgIpc) is 2.98. The van der Waals surface area contributed by atoms with E-state index in [0.29, 0.717) is 23.9 Å². The van der Waals surface area contributed by atoms with Crippen LogP contribution in [0.25, 0.3) is 11.3 Å². The lowest BCUT2D eigenvalue weighted by molar-refractivity contribution is -0.117. The predicted octanol–water partition coefficient (Wildman–Crippen LogP) is 1.62. The maximum Gasteiger partial charge on any atom is 0.240 e. The summed E-state index contributed by atoms with van der Waals surface area (Å²) in [6.07, 6.45) is 0. The molecule has 2 aromatic rings. The molecule has 6 nitrogen and oxygen atoms in total. The number of nitrogens with zero attached hydrogens (tertiary/aromatic N) is 2. The van der Waals surface area contributed by atoms with Crippen LogP contribution < -0.4 is 5.32 Å². The van der Waals surface area contributed by atoms with Gasteiger partial charge in [0.25, 0.3) is 0 Å². The van der Waals surface area contributed by atoms with Crippen LogP contribution in [0, 0.1) is 5.82 Å². The van der Waals surface area contributed by atoms with E-state index >= 15 is 0 Å². The molecule has 1 aliphatic heterocycles. The van der Waals surface area contributed by atoms with Gasteiger partial charge >= 0.3 is 0 Å². The Kier molecular flexibility index (Phi) is 4.93. The molecule has 0 spiro atoms. The van der Waals surface area contributed by atoms with Crippen molar-refractivity contribution in [3.63, 3.8) is 0 Å². The van der Waals surface area contributed by atoms with Crippen molar-refractivity contribution >= 4 is 32.2 Å². The van der Waals surface area contributed by atoms with Crippen molar-refractivity contribution in [1.29, 1.82) is 0 Å². The van der Waals surface area contributed by atoms with Gasteiger partial charge in [-0.15, -0.1) is 11.3 Å². The molecule has 0 radical (unpaired) electrons. The van der Waals surface area contributed by atoms with Crippen molar-refractivity contribution in [2.75, 3.05) is 36.5 Å². The van der Waals surface area contributed by atoms with Gasteiger partial charge in [-0.25, -0.2) is 17.8 Å². The summed E-state index contributed by atoms with van der Waals surface area (Å²) < 4.78 is 35.7. The number of carbonyl (C=O) groups is 1. The Labute approximate surface area is 143 Å². The monoisotopic (exact) mass is 369 g/mol. The Hall–Kier alpha value is -1.84. The Morgan fingerprint density at radius 3 is 2.58 bits per heavy atom. The third-order valence-corrected chi connectivity index (χ3v) is 6.06. The molecule has 9 heteroatoms. The fourth-order valence-corrected chi connectivity index (χ4v) is 4.37. The van der Waals surface area contributed by atoms with Gasteiger partial charge in [0, 0.05) is 24.0 Å². The quantitative estimate of drug-likeness (QED) is 0.886. The summed E-state index contributed by atoms with van der Waals surface area (Å²) in [5.41, 5.74) is 1.44. The molecule has 24 heavy (non-hydrogen) atoms. The number of carbonyl (C=O) groups excluding carboxylic acids is 1. The van der Waals surface area contributed by atoms with Crippen LogP contribution in [0.15, 0.2) is 29.6 Å². The molecule has 1 N–H and O–H groups in total. The summed E-state index contributed by atoms with van der Waals surface area (Å²) in [6, 6.07) is 5.98. The normalized spacial score (nSPS) is 17.5. The highest BCUT2D eigenvalue weighted by atomic mass is 32.2. The second-order valence-electron chi connectivity index (χ2n) is 5.52. The summed E-state index contributed by atoms with van der Waals surface area (Å²) >= 11 is 1.29. The zero-order valence-corrected chi connectivity index (χ0v) is 14.4. The minimum atomic E-state index is -2.95. The van der Waals surface area contributed by atoms with Crippen LogP contribution in [0.2, 0.25) is 0 Å². The first-order valence-corrected chi connectivity index (χ1v) is 10.1. The largest absolute Gasteiger partial charge is 0.301 e. The minimum absolute atomic E-state index is 0.0895. The van der Waals surface area contributed by atoms with Gasteiger partial charge in [-0.1, -0.05) is 0 Å². The van der Waals surface area contributed by atoms with Crippen molar-refractivity contribution in [1.82, 2.24) is 9.88 Å². The van der Waals surface area contributed by atoms with E-state index in [9.17, 15) is 17.6 Å². The number of halogens is 1. The van der Waals surface area contributed by atoms with Gasteiger partial charge in [-0.2, -0.15) is 0 Å². The summed E-state index contributed by atoms with van der Waals surface area (Å²) in [5.74, 6) is -0.362. The number of amides is 1. The maximum atomic E-state index is 12.9. The first-order valence-electron chi connectivity index (χ1n) is 7.35. The number of hydrogen-bond donors (Lipinski definition) is 1. The number of benzene rings is 1. The number of sulfone groups is 1. The molecule has 128 valence electrons.